The highest BCUT2D eigenvalue weighted by molar-refractivity contribution is 6.11. The predicted octanol–water partition coefficient (Wildman–Crippen LogP) is -0.493. The molecule has 9 nitrogen and oxygen atoms in total. The van der Waals surface area contributed by atoms with Crippen LogP contribution < -0.4 is 4.74 Å². The number of aromatic hydroxyl groups is 2. The highest BCUT2D eigenvalue weighted by atomic mass is 16.7. The molecular formula is C19H20O9. The van der Waals surface area contributed by atoms with Crippen molar-refractivity contribution >= 4 is 5.78 Å². The third kappa shape index (κ3) is 3.66. The molecule has 0 amide bonds. The average Bonchev–Trinajstić information content (AvgIpc) is 2.71. The lowest BCUT2D eigenvalue weighted by molar-refractivity contribution is -0.277. The minimum Gasteiger partial charge on any atom is -0.504 e. The van der Waals surface area contributed by atoms with Crippen molar-refractivity contribution < 1.29 is 44.9 Å². The van der Waals surface area contributed by atoms with Gasteiger partial charge in [0.2, 0.25) is 12.0 Å². The van der Waals surface area contributed by atoms with Gasteiger partial charge in [0.25, 0.3) is 0 Å². The topological polar surface area (TPSA) is 157 Å². The third-order valence-electron chi connectivity index (χ3n) is 4.47. The molecule has 5 atom stereocenters. The van der Waals surface area contributed by atoms with Crippen molar-refractivity contribution in [1.29, 1.82) is 0 Å². The molecule has 0 radical (unpaired) electrons. The quantitative estimate of drug-likeness (QED) is 0.292. The van der Waals surface area contributed by atoms with Crippen molar-refractivity contribution in [1.82, 2.24) is 0 Å². The Morgan fingerprint density at radius 1 is 0.964 bits per heavy atom. The highest BCUT2D eigenvalue weighted by Crippen LogP contribution is 2.40. The molecule has 0 aromatic heterocycles. The highest BCUT2D eigenvalue weighted by Gasteiger charge is 2.45. The van der Waals surface area contributed by atoms with Crippen LogP contribution in [0, 0.1) is 0 Å². The third-order valence-corrected chi connectivity index (χ3v) is 4.47. The van der Waals surface area contributed by atoms with E-state index >= 15 is 0 Å². The molecule has 0 spiro atoms. The summed E-state index contributed by atoms with van der Waals surface area (Å²) < 4.78 is 10.7. The van der Waals surface area contributed by atoms with E-state index in [2.05, 4.69) is 0 Å². The van der Waals surface area contributed by atoms with Crippen LogP contribution in [-0.4, -0.2) is 73.7 Å². The number of benzene rings is 2. The molecule has 1 heterocycles. The number of ether oxygens (including phenoxy) is 2. The second kappa shape index (κ2) is 8.13. The first-order valence-electron chi connectivity index (χ1n) is 8.47. The molecule has 0 saturated carbocycles. The van der Waals surface area contributed by atoms with E-state index < -0.39 is 60.3 Å². The Balaban J connectivity index is 1.97. The van der Waals surface area contributed by atoms with E-state index in [1.165, 1.54) is 6.07 Å². The molecule has 1 aliphatic heterocycles. The van der Waals surface area contributed by atoms with Gasteiger partial charge < -0.3 is 40.1 Å². The van der Waals surface area contributed by atoms with Crippen molar-refractivity contribution in [3.63, 3.8) is 0 Å². The molecule has 150 valence electrons. The van der Waals surface area contributed by atoms with E-state index in [0.29, 0.717) is 0 Å². The summed E-state index contributed by atoms with van der Waals surface area (Å²) in [5.41, 5.74) is 0.157. The van der Waals surface area contributed by atoms with E-state index in [4.69, 9.17) is 9.47 Å². The number of aliphatic hydroxyl groups is 4. The Kier molecular flexibility index (Phi) is 5.82. The summed E-state index contributed by atoms with van der Waals surface area (Å²) in [7, 11) is 0. The number of aliphatic hydroxyl groups excluding tert-OH is 4. The average molecular weight is 392 g/mol. The van der Waals surface area contributed by atoms with Crippen LogP contribution in [0.2, 0.25) is 0 Å². The number of carbonyl (C=O) groups excluding carboxylic acids is 1. The molecule has 1 fully saturated rings. The Morgan fingerprint density at radius 3 is 2.29 bits per heavy atom. The molecule has 6 N–H and O–H groups in total. The van der Waals surface area contributed by atoms with Crippen molar-refractivity contribution in [2.24, 2.45) is 0 Å². The van der Waals surface area contributed by atoms with Gasteiger partial charge in [-0.2, -0.15) is 0 Å². The number of ketones is 1. The summed E-state index contributed by atoms with van der Waals surface area (Å²) in [5, 5.41) is 59.1. The van der Waals surface area contributed by atoms with Crippen LogP contribution in [0.25, 0.3) is 0 Å². The van der Waals surface area contributed by atoms with Gasteiger partial charge in [0.15, 0.2) is 17.3 Å². The van der Waals surface area contributed by atoms with Crippen molar-refractivity contribution in [2.45, 2.75) is 30.7 Å². The summed E-state index contributed by atoms with van der Waals surface area (Å²) >= 11 is 0. The summed E-state index contributed by atoms with van der Waals surface area (Å²) in [5.74, 6) is -2.35. The lowest BCUT2D eigenvalue weighted by atomic mass is 9.99. The largest absolute Gasteiger partial charge is 0.504 e. The number of carbonyl (C=O) groups is 1. The van der Waals surface area contributed by atoms with Gasteiger partial charge in [-0.1, -0.05) is 30.3 Å². The maximum atomic E-state index is 12.8. The molecule has 2 aromatic carbocycles. The van der Waals surface area contributed by atoms with Crippen LogP contribution in [0.5, 0.6) is 17.2 Å². The molecular weight excluding hydrogens is 372 g/mol. The van der Waals surface area contributed by atoms with Crippen LogP contribution in [0.1, 0.15) is 15.9 Å². The maximum Gasteiger partial charge on any atom is 0.229 e. The van der Waals surface area contributed by atoms with Crippen LogP contribution in [0.3, 0.4) is 0 Å². The Bertz CT molecular complexity index is 837. The Hall–Kier alpha value is -2.69. The second-order valence-electron chi connectivity index (χ2n) is 6.32. The SMILES string of the molecule is O=C(c1ccccc1)c1ccc(O)c(O)c1O[C@H]1O[C@H](CO)[C@@H](O)[C@H](O)[C@H]1O. The van der Waals surface area contributed by atoms with Crippen molar-refractivity contribution in [3.05, 3.63) is 53.6 Å². The zero-order chi connectivity index (χ0) is 20.4. The van der Waals surface area contributed by atoms with Gasteiger partial charge in [0, 0.05) is 5.56 Å². The number of phenols is 2. The predicted molar refractivity (Wildman–Crippen MR) is 94.0 cm³/mol. The van der Waals surface area contributed by atoms with E-state index in [1.54, 1.807) is 30.3 Å². The Labute approximate surface area is 159 Å². The monoisotopic (exact) mass is 392 g/mol. The number of phenolic OH excluding ortho intramolecular Hbond substituents is 2. The van der Waals surface area contributed by atoms with Gasteiger partial charge in [0.05, 0.1) is 12.2 Å². The minimum absolute atomic E-state index is 0.126. The molecule has 1 aliphatic rings. The van der Waals surface area contributed by atoms with E-state index in [9.17, 15) is 35.4 Å². The van der Waals surface area contributed by atoms with Crippen LogP contribution in [-0.2, 0) is 4.74 Å². The lowest BCUT2D eigenvalue weighted by Crippen LogP contribution is -2.60. The minimum atomic E-state index is -1.75. The molecule has 1 saturated heterocycles. The zero-order valence-electron chi connectivity index (χ0n) is 14.5. The first-order valence-corrected chi connectivity index (χ1v) is 8.47. The fourth-order valence-corrected chi connectivity index (χ4v) is 2.88. The van der Waals surface area contributed by atoms with Crippen LogP contribution in [0.4, 0.5) is 0 Å². The zero-order valence-corrected chi connectivity index (χ0v) is 14.5. The van der Waals surface area contributed by atoms with E-state index in [-0.39, 0.29) is 11.1 Å². The summed E-state index contributed by atoms with van der Waals surface area (Å²) in [4.78, 5) is 12.8. The molecule has 3 rings (SSSR count). The molecule has 9 heteroatoms. The smallest absolute Gasteiger partial charge is 0.229 e. The second-order valence-corrected chi connectivity index (χ2v) is 6.32. The lowest BCUT2D eigenvalue weighted by Gasteiger charge is -2.39. The summed E-state index contributed by atoms with van der Waals surface area (Å²) in [6, 6.07) is 10.4. The first-order chi connectivity index (χ1) is 13.3. The molecule has 0 bridgehead atoms. The van der Waals surface area contributed by atoms with Crippen LogP contribution >= 0.6 is 0 Å². The fourth-order valence-electron chi connectivity index (χ4n) is 2.88. The number of rotatable bonds is 5. The van der Waals surface area contributed by atoms with Gasteiger partial charge in [-0.25, -0.2) is 0 Å². The molecule has 0 aliphatic carbocycles. The Morgan fingerprint density at radius 2 is 1.64 bits per heavy atom. The summed E-state index contributed by atoms with van der Waals surface area (Å²) in [6.07, 6.45) is -7.92. The standard InChI is InChI=1S/C19H20O9/c20-8-12-15(24)16(25)17(26)19(27-12)28-18-10(6-7-11(21)14(18)23)13(22)9-4-2-1-3-5-9/h1-7,12,15-17,19-21,23-26H,8H2/t12-,15-,16+,17-,19-/m1/s1. The number of hydrogen-bond donors (Lipinski definition) is 6. The van der Waals surface area contributed by atoms with Gasteiger partial charge in [-0.15, -0.1) is 0 Å². The fraction of sp³-hybridized carbons (Fsp3) is 0.316. The molecule has 0 unspecified atom stereocenters. The van der Waals surface area contributed by atoms with Gasteiger partial charge in [-0.3, -0.25) is 4.79 Å². The van der Waals surface area contributed by atoms with Crippen LogP contribution in [0.15, 0.2) is 42.5 Å². The van der Waals surface area contributed by atoms with E-state index in [1.807, 2.05) is 0 Å². The van der Waals surface area contributed by atoms with Gasteiger partial charge in [-0.05, 0) is 12.1 Å². The number of hydrogen-bond acceptors (Lipinski definition) is 9. The summed E-state index contributed by atoms with van der Waals surface area (Å²) in [6.45, 7) is -0.674. The normalized spacial score (nSPS) is 27.4. The van der Waals surface area contributed by atoms with Crippen molar-refractivity contribution in [3.8, 4) is 17.2 Å². The first kappa shape index (κ1) is 20.1. The molecule has 2 aromatic rings. The van der Waals surface area contributed by atoms with E-state index in [0.717, 1.165) is 6.07 Å². The van der Waals surface area contributed by atoms with Gasteiger partial charge >= 0.3 is 0 Å². The molecule has 28 heavy (non-hydrogen) atoms. The van der Waals surface area contributed by atoms with Crippen molar-refractivity contribution in [2.75, 3.05) is 6.61 Å². The maximum absolute atomic E-state index is 12.8. The van der Waals surface area contributed by atoms with Gasteiger partial charge in [0.1, 0.15) is 24.4 Å².